The minimum absolute atomic E-state index is 0.0999. The molecular formula is C18H27FN2O3. The highest BCUT2D eigenvalue weighted by molar-refractivity contribution is 5.76. The summed E-state index contributed by atoms with van der Waals surface area (Å²) in [7, 11) is 1.43. The quantitative estimate of drug-likeness (QED) is 0.822. The molecule has 134 valence electrons. The fraction of sp³-hybridized carbons (Fsp3) is 0.611. The molecule has 1 fully saturated rings. The molecule has 0 saturated carbocycles. The second-order valence-electron chi connectivity index (χ2n) is 6.13. The Balaban J connectivity index is 1.80. The van der Waals surface area contributed by atoms with E-state index in [0.29, 0.717) is 25.9 Å². The molecule has 1 aromatic rings. The van der Waals surface area contributed by atoms with Crippen LogP contribution in [0.15, 0.2) is 18.2 Å². The molecule has 1 aliphatic heterocycles. The molecule has 2 rings (SSSR count). The largest absolute Gasteiger partial charge is 0.494 e. The van der Waals surface area contributed by atoms with Gasteiger partial charge in [-0.05, 0) is 30.5 Å². The van der Waals surface area contributed by atoms with Crippen LogP contribution in [0.3, 0.4) is 0 Å². The molecule has 0 bridgehead atoms. The number of rotatable bonds is 7. The molecule has 0 spiro atoms. The molecule has 0 aliphatic carbocycles. The SMILES string of the molecule is CCC(CO)N1CCN(C(=O)CCc2ccc(OC)c(F)c2)CC1. The minimum atomic E-state index is -0.398. The molecule has 6 heteroatoms. The van der Waals surface area contributed by atoms with E-state index in [4.69, 9.17) is 4.74 Å². The van der Waals surface area contributed by atoms with Gasteiger partial charge in [0.25, 0.3) is 0 Å². The highest BCUT2D eigenvalue weighted by Gasteiger charge is 2.24. The van der Waals surface area contributed by atoms with Crippen LogP contribution in [0.4, 0.5) is 4.39 Å². The van der Waals surface area contributed by atoms with E-state index in [-0.39, 0.29) is 24.3 Å². The van der Waals surface area contributed by atoms with E-state index in [9.17, 15) is 14.3 Å². The molecule has 1 unspecified atom stereocenters. The Morgan fingerprint density at radius 3 is 2.58 bits per heavy atom. The number of nitrogens with zero attached hydrogens (tertiary/aromatic N) is 2. The average Bonchev–Trinajstić information content (AvgIpc) is 2.61. The lowest BCUT2D eigenvalue weighted by molar-refractivity contribution is -0.133. The monoisotopic (exact) mass is 338 g/mol. The minimum Gasteiger partial charge on any atom is -0.494 e. The van der Waals surface area contributed by atoms with Gasteiger partial charge in [0.15, 0.2) is 11.6 Å². The number of aryl methyl sites for hydroxylation is 1. The fourth-order valence-electron chi connectivity index (χ4n) is 3.11. The molecule has 1 saturated heterocycles. The lowest BCUT2D eigenvalue weighted by Gasteiger charge is -2.38. The summed E-state index contributed by atoms with van der Waals surface area (Å²) in [6, 6.07) is 5.00. The van der Waals surface area contributed by atoms with Gasteiger partial charge in [0, 0.05) is 38.6 Å². The fourth-order valence-corrected chi connectivity index (χ4v) is 3.11. The Morgan fingerprint density at radius 2 is 2.04 bits per heavy atom. The normalized spacial score (nSPS) is 16.9. The summed E-state index contributed by atoms with van der Waals surface area (Å²) in [6.45, 7) is 5.18. The maximum absolute atomic E-state index is 13.7. The van der Waals surface area contributed by atoms with E-state index in [1.165, 1.54) is 13.2 Å². The van der Waals surface area contributed by atoms with Crippen molar-refractivity contribution in [2.45, 2.75) is 32.2 Å². The Labute approximate surface area is 143 Å². The summed E-state index contributed by atoms with van der Waals surface area (Å²) in [5.41, 5.74) is 0.798. The number of halogens is 1. The summed E-state index contributed by atoms with van der Waals surface area (Å²) in [5, 5.41) is 9.36. The van der Waals surface area contributed by atoms with Crippen LogP contribution in [-0.4, -0.2) is 66.8 Å². The molecule has 0 aromatic heterocycles. The van der Waals surface area contributed by atoms with E-state index in [2.05, 4.69) is 11.8 Å². The molecule has 1 heterocycles. The van der Waals surface area contributed by atoms with Crippen molar-refractivity contribution >= 4 is 5.91 Å². The predicted molar refractivity (Wildman–Crippen MR) is 90.6 cm³/mol. The third-order valence-corrected chi connectivity index (χ3v) is 4.71. The second kappa shape index (κ2) is 8.99. The van der Waals surface area contributed by atoms with Crippen LogP contribution in [-0.2, 0) is 11.2 Å². The number of aliphatic hydroxyl groups excluding tert-OH is 1. The number of piperazine rings is 1. The molecule has 24 heavy (non-hydrogen) atoms. The Bertz CT molecular complexity index is 541. The van der Waals surface area contributed by atoms with Gasteiger partial charge in [0.2, 0.25) is 5.91 Å². The van der Waals surface area contributed by atoms with Crippen molar-refractivity contribution in [3.63, 3.8) is 0 Å². The molecule has 1 aliphatic rings. The standard InChI is InChI=1S/C18H27FN2O3/c1-3-15(13-22)20-8-10-21(11-9-20)18(23)7-5-14-4-6-17(24-2)16(19)12-14/h4,6,12,15,22H,3,5,7-11,13H2,1-2H3. The van der Waals surface area contributed by atoms with Crippen LogP contribution in [0.2, 0.25) is 0 Å². The lowest BCUT2D eigenvalue weighted by Crippen LogP contribution is -2.52. The van der Waals surface area contributed by atoms with Gasteiger partial charge in [-0.15, -0.1) is 0 Å². The van der Waals surface area contributed by atoms with E-state index in [1.807, 2.05) is 4.90 Å². The number of methoxy groups -OCH3 is 1. The zero-order chi connectivity index (χ0) is 17.5. The van der Waals surface area contributed by atoms with E-state index in [0.717, 1.165) is 25.1 Å². The number of benzene rings is 1. The van der Waals surface area contributed by atoms with E-state index >= 15 is 0 Å². The first-order valence-electron chi connectivity index (χ1n) is 8.54. The van der Waals surface area contributed by atoms with Crippen LogP contribution < -0.4 is 4.74 Å². The van der Waals surface area contributed by atoms with Crippen LogP contribution in [0.5, 0.6) is 5.75 Å². The number of carbonyl (C=O) groups is 1. The van der Waals surface area contributed by atoms with Crippen LogP contribution in [0.1, 0.15) is 25.3 Å². The molecular weight excluding hydrogens is 311 g/mol. The smallest absolute Gasteiger partial charge is 0.222 e. The van der Waals surface area contributed by atoms with Crippen molar-refractivity contribution in [3.05, 3.63) is 29.6 Å². The lowest BCUT2D eigenvalue weighted by atomic mass is 10.1. The Morgan fingerprint density at radius 1 is 1.33 bits per heavy atom. The summed E-state index contributed by atoms with van der Waals surface area (Å²) in [4.78, 5) is 16.4. The van der Waals surface area contributed by atoms with E-state index in [1.54, 1.807) is 12.1 Å². The van der Waals surface area contributed by atoms with Gasteiger partial charge < -0.3 is 14.7 Å². The zero-order valence-electron chi connectivity index (χ0n) is 14.5. The van der Waals surface area contributed by atoms with Crippen molar-refractivity contribution in [2.75, 3.05) is 39.9 Å². The summed E-state index contributed by atoms with van der Waals surface area (Å²) >= 11 is 0. The maximum Gasteiger partial charge on any atom is 0.222 e. The first kappa shape index (κ1) is 18.7. The Kier molecular flexibility index (Phi) is 6.99. The highest BCUT2D eigenvalue weighted by atomic mass is 19.1. The third kappa shape index (κ3) is 4.68. The van der Waals surface area contributed by atoms with Crippen molar-refractivity contribution < 1.29 is 19.0 Å². The average molecular weight is 338 g/mol. The van der Waals surface area contributed by atoms with Gasteiger partial charge in [0.1, 0.15) is 0 Å². The summed E-state index contributed by atoms with van der Waals surface area (Å²) in [6.07, 6.45) is 1.81. The van der Waals surface area contributed by atoms with Gasteiger partial charge in [-0.25, -0.2) is 4.39 Å². The second-order valence-corrected chi connectivity index (χ2v) is 6.13. The van der Waals surface area contributed by atoms with Crippen molar-refractivity contribution in [3.8, 4) is 5.75 Å². The van der Waals surface area contributed by atoms with Gasteiger partial charge in [0.05, 0.1) is 13.7 Å². The van der Waals surface area contributed by atoms with Crippen molar-refractivity contribution in [1.29, 1.82) is 0 Å². The molecule has 1 N–H and O–H groups in total. The number of hydrogen-bond donors (Lipinski definition) is 1. The van der Waals surface area contributed by atoms with Crippen molar-refractivity contribution in [1.82, 2.24) is 9.80 Å². The summed E-state index contributed by atoms with van der Waals surface area (Å²) in [5.74, 6) is -0.0795. The third-order valence-electron chi connectivity index (χ3n) is 4.71. The number of aliphatic hydroxyl groups is 1. The molecule has 5 nitrogen and oxygen atoms in total. The maximum atomic E-state index is 13.7. The number of hydrogen-bond acceptors (Lipinski definition) is 4. The summed E-state index contributed by atoms with van der Waals surface area (Å²) < 4.78 is 18.6. The number of amides is 1. The number of ether oxygens (including phenoxy) is 1. The van der Waals surface area contributed by atoms with Crippen LogP contribution >= 0.6 is 0 Å². The topological polar surface area (TPSA) is 53.0 Å². The first-order chi connectivity index (χ1) is 11.6. The van der Waals surface area contributed by atoms with Gasteiger partial charge in [-0.1, -0.05) is 13.0 Å². The first-order valence-corrected chi connectivity index (χ1v) is 8.54. The zero-order valence-corrected chi connectivity index (χ0v) is 14.5. The van der Waals surface area contributed by atoms with Gasteiger partial charge in [-0.2, -0.15) is 0 Å². The van der Waals surface area contributed by atoms with Gasteiger partial charge >= 0.3 is 0 Å². The predicted octanol–water partition coefficient (Wildman–Crippen LogP) is 1.68. The van der Waals surface area contributed by atoms with Crippen LogP contribution in [0, 0.1) is 5.82 Å². The molecule has 1 amide bonds. The van der Waals surface area contributed by atoms with Crippen LogP contribution in [0.25, 0.3) is 0 Å². The van der Waals surface area contributed by atoms with Crippen molar-refractivity contribution in [2.24, 2.45) is 0 Å². The molecule has 0 radical (unpaired) electrons. The van der Waals surface area contributed by atoms with E-state index < -0.39 is 5.82 Å². The van der Waals surface area contributed by atoms with Gasteiger partial charge in [-0.3, -0.25) is 9.69 Å². The highest BCUT2D eigenvalue weighted by Crippen LogP contribution is 2.19. The number of carbonyl (C=O) groups excluding carboxylic acids is 1. The molecule has 1 atom stereocenters. The molecule has 1 aromatic carbocycles. The Hall–Kier alpha value is -1.66.